The Bertz CT molecular complexity index is 1350. The largest absolute Gasteiger partial charge is 0.507 e. The highest BCUT2D eigenvalue weighted by molar-refractivity contribution is 6.46. The van der Waals surface area contributed by atoms with Crippen LogP contribution in [-0.4, -0.2) is 41.5 Å². The average molecular weight is 484 g/mol. The summed E-state index contributed by atoms with van der Waals surface area (Å²) in [4.78, 5) is 28.1. The van der Waals surface area contributed by atoms with Crippen molar-refractivity contribution in [2.24, 2.45) is 0 Å². The van der Waals surface area contributed by atoms with E-state index in [2.05, 4.69) is 6.58 Å². The number of Topliss-reactive ketones (excluding diaryl/α,β-unsaturated/α-hetero) is 1. The van der Waals surface area contributed by atoms with E-state index in [0.717, 1.165) is 5.56 Å². The molecule has 1 amide bonds. The molecule has 3 aromatic carbocycles. The van der Waals surface area contributed by atoms with E-state index in [0.29, 0.717) is 48.2 Å². The SMILES string of the molecule is C=CCOc1cccc([C@H]2C(=C(O)c3ccc4c(c3)OCCO4)C(=O)C(=O)N2Cc2ccccc2)c1. The lowest BCUT2D eigenvalue weighted by molar-refractivity contribution is -0.140. The molecule has 7 heteroatoms. The summed E-state index contributed by atoms with van der Waals surface area (Å²) in [6, 6.07) is 20.7. The van der Waals surface area contributed by atoms with Gasteiger partial charge in [-0.25, -0.2) is 0 Å². The van der Waals surface area contributed by atoms with E-state index in [1.807, 2.05) is 36.4 Å². The number of aliphatic hydroxyl groups is 1. The van der Waals surface area contributed by atoms with Gasteiger partial charge in [0.25, 0.3) is 11.7 Å². The Hall–Kier alpha value is -4.52. The molecule has 2 heterocycles. The second-order valence-electron chi connectivity index (χ2n) is 8.44. The first-order valence-corrected chi connectivity index (χ1v) is 11.6. The van der Waals surface area contributed by atoms with Gasteiger partial charge in [0.05, 0.1) is 11.6 Å². The van der Waals surface area contributed by atoms with Gasteiger partial charge in [-0.3, -0.25) is 9.59 Å². The van der Waals surface area contributed by atoms with Crippen LogP contribution in [0.2, 0.25) is 0 Å². The van der Waals surface area contributed by atoms with Gasteiger partial charge in [0.2, 0.25) is 0 Å². The zero-order chi connectivity index (χ0) is 25.1. The molecule has 0 spiro atoms. The number of rotatable bonds is 7. The second-order valence-corrected chi connectivity index (χ2v) is 8.44. The lowest BCUT2D eigenvalue weighted by Gasteiger charge is -2.26. The van der Waals surface area contributed by atoms with Crippen LogP contribution in [0.4, 0.5) is 0 Å². The number of ketones is 1. The van der Waals surface area contributed by atoms with Gasteiger partial charge >= 0.3 is 0 Å². The number of hydrogen-bond donors (Lipinski definition) is 1. The normalized spacial score (nSPS) is 18.2. The molecule has 3 aromatic rings. The van der Waals surface area contributed by atoms with E-state index < -0.39 is 17.7 Å². The van der Waals surface area contributed by atoms with Crippen LogP contribution in [0.3, 0.4) is 0 Å². The molecule has 1 fully saturated rings. The van der Waals surface area contributed by atoms with E-state index in [9.17, 15) is 14.7 Å². The van der Waals surface area contributed by atoms with Crippen LogP contribution >= 0.6 is 0 Å². The fraction of sp³-hybridized carbons (Fsp3) is 0.172. The van der Waals surface area contributed by atoms with Gasteiger partial charge in [-0.05, 0) is 41.5 Å². The van der Waals surface area contributed by atoms with Gasteiger partial charge in [0.1, 0.15) is 31.3 Å². The van der Waals surface area contributed by atoms with Gasteiger partial charge in [-0.15, -0.1) is 0 Å². The summed E-state index contributed by atoms with van der Waals surface area (Å²) in [7, 11) is 0. The molecule has 36 heavy (non-hydrogen) atoms. The van der Waals surface area contributed by atoms with Crippen molar-refractivity contribution in [1.29, 1.82) is 0 Å². The van der Waals surface area contributed by atoms with Crippen molar-refractivity contribution >= 4 is 17.4 Å². The molecule has 7 nitrogen and oxygen atoms in total. The molecule has 0 aromatic heterocycles. The minimum Gasteiger partial charge on any atom is -0.507 e. The molecule has 5 rings (SSSR count). The van der Waals surface area contributed by atoms with Crippen molar-refractivity contribution in [3.63, 3.8) is 0 Å². The van der Waals surface area contributed by atoms with E-state index in [-0.39, 0.29) is 17.9 Å². The van der Waals surface area contributed by atoms with Crippen LogP contribution < -0.4 is 14.2 Å². The zero-order valence-corrected chi connectivity index (χ0v) is 19.6. The van der Waals surface area contributed by atoms with E-state index in [1.165, 1.54) is 4.90 Å². The minimum absolute atomic E-state index is 0.00785. The van der Waals surface area contributed by atoms with E-state index in [1.54, 1.807) is 42.5 Å². The number of benzene rings is 3. The molecule has 2 aliphatic rings. The van der Waals surface area contributed by atoms with Gasteiger partial charge in [0, 0.05) is 12.1 Å². The Morgan fingerprint density at radius 3 is 2.56 bits per heavy atom. The fourth-order valence-corrected chi connectivity index (χ4v) is 4.45. The molecular weight excluding hydrogens is 458 g/mol. The van der Waals surface area contributed by atoms with Crippen molar-refractivity contribution in [1.82, 2.24) is 4.90 Å². The van der Waals surface area contributed by atoms with Crippen LogP contribution in [0.1, 0.15) is 22.7 Å². The van der Waals surface area contributed by atoms with Gasteiger partial charge in [-0.1, -0.05) is 55.1 Å². The molecule has 0 saturated carbocycles. The number of ether oxygens (including phenoxy) is 3. The van der Waals surface area contributed by atoms with Crippen LogP contribution in [0.5, 0.6) is 17.2 Å². The number of carbonyl (C=O) groups excluding carboxylic acids is 2. The van der Waals surface area contributed by atoms with Gasteiger partial charge in [0.15, 0.2) is 11.5 Å². The summed E-state index contributed by atoms with van der Waals surface area (Å²) >= 11 is 0. The van der Waals surface area contributed by atoms with Crippen LogP contribution in [0, 0.1) is 0 Å². The highest BCUT2D eigenvalue weighted by atomic mass is 16.6. The van der Waals surface area contributed by atoms with Crippen molar-refractivity contribution < 1.29 is 28.9 Å². The van der Waals surface area contributed by atoms with Crippen LogP contribution in [0.25, 0.3) is 5.76 Å². The molecule has 182 valence electrons. The summed E-state index contributed by atoms with van der Waals surface area (Å²) in [5.41, 5.74) is 1.88. The first-order chi connectivity index (χ1) is 17.6. The minimum atomic E-state index is -0.814. The first kappa shape index (κ1) is 23.2. The molecular formula is C29H25NO6. The van der Waals surface area contributed by atoms with Crippen LogP contribution in [0.15, 0.2) is 91.0 Å². The Labute approximate surface area is 208 Å². The van der Waals surface area contributed by atoms with Crippen molar-refractivity contribution in [3.05, 3.63) is 108 Å². The lowest BCUT2D eigenvalue weighted by Crippen LogP contribution is -2.29. The Balaban J connectivity index is 1.62. The molecule has 1 saturated heterocycles. The average Bonchev–Trinajstić information content (AvgIpc) is 3.17. The highest BCUT2D eigenvalue weighted by Gasteiger charge is 2.46. The smallest absolute Gasteiger partial charge is 0.295 e. The zero-order valence-electron chi connectivity index (χ0n) is 19.6. The molecule has 1 N–H and O–H groups in total. The maximum absolute atomic E-state index is 13.3. The summed E-state index contributed by atoms with van der Waals surface area (Å²) in [5.74, 6) is -0.104. The molecule has 0 bridgehead atoms. The molecule has 0 aliphatic carbocycles. The van der Waals surface area contributed by atoms with E-state index >= 15 is 0 Å². The van der Waals surface area contributed by atoms with Gasteiger partial charge in [-0.2, -0.15) is 0 Å². The third kappa shape index (κ3) is 4.43. The maximum atomic E-state index is 13.3. The number of aliphatic hydroxyl groups excluding tert-OH is 1. The lowest BCUT2D eigenvalue weighted by atomic mass is 9.95. The van der Waals surface area contributed by atoms with Crippen molar-refractivity contribution in [2.45, 2.75) is 12.6 Å². The standard InChI is InChI=1S/C29H25NO6/c1-2-13-34-22-10-6-9-20(16-22)26-25(27(31)21-11-12-23-24(17-21)36-15-14-35-23)28(32)29(33)30(26)18-19-7-4-3-5-8-19/h2-12,16-17,26,31H,1,13-15,18H2/t26-/m0/s1. The summed E-state index contributed by atoms with van der Waals surface area (Å²) < 4.78 is 16.9. The number of fused-ring (bicyclic) bond motifs is 1. The maximum Gasteiger partial charge on any atom is 0.295 e. The summed E-state index contributed by atoms with van der Waals surface area (Å²) in [6.07, 6.45) is 1.63. The number of carbonyl (C=O) groups is 2. The van der Waals surface area contributed by atoms with Gasteiger partial charge < -0.3 is 24.2 Å². The first-order valence-electron chi connectivity index (χ1n) is 11.6. The highest BCUT2D eigenvalue weighted by Crippen LogP contribution is 2.42. The molecule has 0 unspecified atom stereocenters. The molecule has 0 radical (unpaired) electrons. The van der Waals surface area contributed by atoms with Crippen molar-refractivity contribution in [2.75, 3.05) is 19.8 Å². The number of hydrogen-bond acceptors (Lipinski definition) is 6. The number of nitrogens with zero attached hydrogens (tertiary/aromatic N) is 1. The third-order valence-electron chi connectivity index (χ3n) is 6.09. The van der Waals surface area contributed by atoms with Crippen LogP contribution in [-0.2, 0) is 16.1 Å². The Morgan fingerprint density at radius 2 is 1.78 bits per heavy atom. The predicted molar refractivity (Wildman–Crippen MR) is 134 cm³/mol. The quantitative estimate of drug-likeness (QED) is 0.228. The van der Waals surface area contributed by atoms with Crippen molar-refractivity contribution in [3.8, 4) is 17.2 Å². The predicted octanol–water partition coefficient (Wildman–Crippen LogP) is 4.64. The third-order valence-corrected chi connectivity index (χ3v) is 6.09. The number of amides is 1. The second kappa shape index (κ2) is 10.00. The summed E-state index contributed by atoms with van der Waals surface area (Å²) in [6.45, 7) is 5.00. The molecule has 1 atom stereocenters. The topological polar surface area (TPSA) is 85.3 Å². The summed E-state index contributed by atoms with van der Waals surface area (Å²) in [5, 5.41) is 11.4. The molecule has 2 aliphatic heterocycles. The fourth-order valence-electron chi connectivity index (χ4n) is 4.45. The Morgan fingerprint density at radius 1 is 1.00 bits per heavy atom. The number of likely N-dealkylation sites (tertiary alicyclic amines) is 1. The van der Waals surface area contributed by atoms with E-state index in [4.69, 9.17) is 14.2 Å². The Kier molecular flexibility index (Phi) is 6.45. The monoisotopic (exact) mass is 483 g/mol.